The summed E-state index contributed by atoms with van der Waals surface area (Å²) >= 11 is 0. The normalized spacial score (nSPS) is 17.2. The Labute approximate surface area is 125 Å². The van der Waals surface area contributed by atoms with Gasteiger partial charge in [-0.3, -0.25) is 4.79 Å². The molecule has 21 heavy (non-hydrogen) atoms. The van der Waals surface area contributed by atoms with Crippen molar-refractivity contribution in [2.45, 2.75) is 38.7 Å². The molecule has 0 saturated heterocycles. The lowest BCUT2D eigenvalue weighted by atomic mass is 9.78. The second-order valence-electron chi connectivity index (χ2n) is 6.28. The molecule has 3 rings (SSSR count). The lowest BCUT2D eigenvalue weighted by Crippen LogP contribution is -2.29. The molecule has 1 aliphatic heterocycles. The average molecular weight is 280 g/mol. The summed E-state index contributed by atoms with van der Waals surface area (Å²) < 4.78 is 5.70. The molecule has 0 radical (unpaired) electrons. The van der Waals surface area contributed by atoms with Gasteiger partial charge in [0.1, 0.15) is 11.9 Å². The highest BCUT2D eigenvalue weighted by Crippen LogP contribution is 2.33. The van der Waals surface area contributed by atoms with Gasteiger partial charge >= 0.3 is 0 Å². The summed E-state index contributed by atoms with van der Waals surface area (Å²) in [7, 11) is 0. The summed E-state index contributed by atoms with van der Waals surface area (Å²) in [5, 5.41) is 0. The van der Waals surface area contributed by atoms with Crippen molar-refractivity contribution in [2.24, 2.45) is 0 Å². The molecule has 0 aromatic heterocycles. The molecule has 0 fully saturated rings. The van der Waals surface area contributed by atoms with Crippen molar-refractivity contribution in [3.8, 4) is 5.75 Å². The number of carbonyl (C=O) groups is 1. The number of hydrogen-bond acceptors (Lipinski definition) is 2. The minimum absolute atomic E-state index is 0.149. The van der Waals surface area contributed by atoms with Crippen LogP contribution < -0.4 is 4.74 Å². The molecule has 0 bridgehead atoms. The molecule has 2 nitrogen and oxygen atoms in total. The van der Waals surface area contributed by atoms with Crippen LogP contribution in [0.2, 0.25) is 0 Å². The summed E-state index contributed by atoms with van der Waals surface area (Å²) in [4.78, 5) is 12.9. The van der Waals surface area contributed by atoms with Crippen molar-refractivity contribution in [3.05, 3.63) is 65.2 Å². The number of hydrogen-bond donors (Lipinski definition) is 0. The molecule has 0 saturated carbocycles. The van der Waals surface area contributed by atoms with Crippen LogP contribution in [0.15, 0.2) is 48.5 Å². The maximum Gasteiger partial charge on any atom is 0.172 e. The van der Waals surface area contributed by atoms with Crippen LogP contribution in [0, 0.1) is 0 Å². The second-order valence-corrected chi connectivity index (χ2v) is 6.28. The molecule has 108 valence electrons. The van der Waals surface area contributed by atoms with E-state index in [2.05, 4.69) is 6.92 Å². The topological polar surface area (TPSA) is 26.3 Å². The number of rotatable bonds is 3. The van der Waals surface area contributed by atoms with Crippen molar-refractivity contribution >= 4 is 5.78 Å². The van der Waals surface area contributed by atoms with Crippen molar-refractivity contribution in [2.75, 3.05) is 0 Å². The Hall–Kier alpha value is -2.09. The quantitative estimate of drug-likeness (QED) is 0.789. The van der Waals surface area contributed by atoms with Crippen LogP contribution in [0.5, 0.6) is 5.75 Å². The Kier molecular flexibility index (Phi) is 3.32. The SMILES string of the molecule is CC1Cc2cc(C(=O)C(C)(C)c3ccccc3)ccc2O1. The van der Waals surface area contributed by atoms with Gasteiger partial charge in [0, 0.05) is 12.0 Å². The third-order valence-electron chi connectivity index (χ3n) is 4.22. The first-order valence-corrected chi connectivity index (χ1v) is 7.38. The minimum Gasteiger partial charge on any atom is -0.490 e. The molecular formula is C19H20O2. The molecule has 0 aliphatic carbocycles. The molecule has 0 amide bonds. The van der Waals surface area contributed by atoms with E-state index in [1.165, 1.54) is 0 Å². The van der Waals surface area contributed by atoms with E-state index in [9.17, 15) is 4.79 Å². The van der Waals surface area contributed by atoms with E-state index in [1.807, 2.05) is 62.4 Å². The second kappa shape index (κ2) is 5.03. The number of ether oxygens (including phenoxy) is 1. The van der Waals surface area contributed by atoms with Gasteiger partial charge in [0.2, 0.25) is 0 Å². The molecule has 1 atom stereocenters. The van der Waals surface area contributed by atoms with Gasteiger partial charge in [0.15, 0.2) is 5.78 Å². The van der Waals surface area contributed by atoms with Crippen molar-refractivity contribution < 1.29 is 9.53 Å². The van der Waals surface area contributed by atoms with Crippen LogP contribution >= 0.6 is 0 Å². The summed E-state index contributed by atoms with van der Waals surface area (Å²) in [6, 6.07) is 15.7. The fraction of sp³-hybridized carbons (Fsp3) is 0.316. The van der Waals surface area contributed by atoms with Crippen molar-refractivity contribution in [3.63, 3.8) is 0 Å². The highest BCUT2D eigenvalue weighted by atomic mass is 16.5. The highest BCUT2D eigenvalue weighted by molar-refractivity contribution is 6.03. The van der Waals surface area contributed by atoms with Gasteiger partial charge in [-0.2, -0.15) is 0 Å². The van der Waals surface area contributed by atoms with E-state index in [0.29, 0.717) is 0 Å². The van der Waals surface area contributed by atoms with E-state index < -0.39 is 5.41 Å². The number of fused-ring (bicyclic) bond motifs is 1. The molecule has 2 aromatic rings. The van der Waals surface area contributed by atoms with Crippen molar-refractivity contribution in [1.29, 1.82) is 0 Å². The molecule has 2 heteroatoms. The molecule has 1 unspecified atom stereocenters. The fourth-order valence-electron chi connectivity index (χ4n) is 2.91. The van der Waals surface area contributed by atoms with Crippen LogP contribution in [0.25, 0.3) is 0 Å². The number of carbonyl (C=O) groups excluding carboxylic acids is 1. The summed E-state index contributed by atoms with van der Waals surface area (Å²) in [5.41, 5.74) is 2.42. The monoisotopic (exact) mass is 280 g/mol. The Balaban J connectivity index is 1.94. The first kappa shape index (κ1) is 13.9. The third-order valence-corrected chi connectivity index (χ3v) is 4.22. The first-order chi connectivity index (χ1) is 9.98. The van der Waals surface area contributed by atoms with E-state index >= 15 is 0 Å². The lowest BCUT2D eigenvalue weighted by Gasteiger charge is -2.24. The zero-order valence-electron chi connectivity index (χ0n) is 12.7. The third kappa shape index (κ3) is 2.46. The van der Waals surface area contributed by atoms with Crippen LogP contribution in [0.4, 0.5) is 0 Å². The van der Waals surface area contributed by atoms with Gasteiger partial charge in [0.25, 0.3) is 0 Å². The van der Waals surface area contributed by atoms with Gasteiger partial charge < -0.3 is 4.74 Å². The molecule has 2 aromatic carbocycles. The Morgan fingerprint density at radius 2 is 1.86 bits per heavy atom. The maximum absolute atomic E-state index is 12.9. The zero-order chi connectivity index (χ0) is 15.0. The summed E-state index contributed by atoms with van der Waals surface area (Å²) in [6.07, 6.45) is 1.08. The van der Waals surface area contributed by atoms with E-state index in [0.717, 1.165) is 28.9 Å². The zero-order valence-corrected chi connectivity index (χ0v) is 12.7. The lowest BCUT2D eigenvalue weighted by molar-refractivity contribution is 0.0908. The van der Waals surface area contributed by atoms with Gasteiger partial charge in [-0.05, 0) is 50.1 Å². The summed E-state index contributed by atoms with van der Waals surface area (Å²) in [6.45, 7) is 6.02. The number of ketones is 1. The van der Waals surface area contributed by atoms with Crippen molar-refractivity contribution in [1.82, 2.24) is 0 Å². The average Bonchev–Trinajstić information content (AvgIpc) is 2.86. The Morgan fingerprint density at radius 1 is 1.14 bits per heavy atom. The molecule has 0 N–H and O–H groups in total. The number of Topliss-reactive ketones (excluding diaryl/α,β-unsaturated/α-hetero) is 1. The fourth-order valence-corrected chi connectivity index (χ4v) is 2.91. The van der Waals surface area contributed by atoms with E-state index in [1.54, 1.807) is 0 Å². The van der Waals surface area contributed by atoms with E-state index in [4.69, 9.17) is 4.74 Å². The van der Waals surface area contributed by atoms with Crippen LogP contribution in [-0.4, -0.2) is 11.9 Å². The predicted octanol–water partition coefficient (Wildman–Crippen LogP) is 4.17. The largest absolute Gasteiger partial charge is 0.490 e. The van der Waals surface area contributed by atoms with Gasteiger partial charge in [-0.15, -0.1) is 0 Å². The standard InChI is InChI=1S/C19H20O2/c1-13-11-15-12-14(9-10-17(15)21-13)18(20)19(2,3)16-7-5-4-6-8-16/h4-10,12-13H,11H2,1-3H3. The molecule has 1 heterocycles. The molecule has 1 aliphatic rings. The first-order valence-electron chi connectivity index (χ1n) is 7.38. The molecule has 0 spiro atoms. The maximum atomic E-state index is 12.9. The highest BCUT2D eigenvalue weighted by Gasteiger charge is 2.31. The molecular weight excluding hydrogens is 260 g/mol. The van der Waals surface area contributed by atoms with Crippen LogP contribution in [-0.2, 0) is 11.8 Å². The van der Waals surface area contributed by atoms with Crippen LogP contribution in [0.3, 0.4) is 0 Å². The van der Waals surface area contributed by atoms with E-state index in [-0.39, 0.29) is 11.9 Å². The Bertz CT molecular complexity index is 671. The number of benzene rings is 2. The van der Waals surface area contributed by atoms with Crippen LogP contribution in [0.1, 0.15) is 42.3 Å². The minimum atomic E-state index is -0.527. The smallest absolute Gasteiger partial charge is 0.172 e. The van der Waals surface area contributed by atoms with Gasteiger partial charge in [-0.25, -0.2) is 0 Å². The predicted molar refractivity (Wildman–Crippen MR) is 84.0 cm³/mol. The van der Waals surface area contributed by atoms with Gasteiger partial charge in [-0.1, -0.05) is 30.3 Å². The van der Waals surface area contributed by atoms with Gasteiger partial charge in [0.05, 0.1) is 5.41 Å². The Morgan fingerprint density at radius 3 is 2.57 bits per heavy atom. The summed E-state index contributed by atoms with van der Waals surface area (Å²) in [5.74, 6) is 1.06.